The molecule has 116 valence electrons. The predicted molar refractivity (Wildman–Crippen MR) is 92.6 cm³/mol. The Bertz CT molecular complexity index is 859. The number of amides is 1. The summed E-state index contributed by atoms with van der Waals surface area (Å²) in [5.41, 5.74) is 3.23. The van der Waals surface area contributed by atoms with Crippen LogP contribution in [0.1, 0.15) is 16.9 Å². The molecule has 0 spiro atoms. The molecule has 1 N–H and O–H groups in total. The lowest BCUT2D eigenvalue weighted by Crippen LogP contribution is -2.32. The number of fused-ring (bicyclic) bond motifs is 2. The number of para-hydroxylation sites is 1. The molecule has 4 rings (SSSR count). The normalized spacial score (nSPS) is 16.5. The number of hydrogen-bond donors (Lipinski definition) is 1. The van der Waals surface area contributed by atoms with Crippen LogP contribution in [0.4, 0.5) is 0 Å². The van der Waals surface area contributed by atoms with Gasteiger partial charge in [0, 0.05) is 15.8 Å². The van der Waals surface area contributed by atoms with E-state index >= 15 is 0 Å². The standard InChI is InChI=1S/C19H17NO2S/c1-12-14-7-3-4-8-15(14)22-16(12)11-20-19(21)18-10-13-6-2-5-9-17(13)23-18/h2-9,18H,10-11H2,1H3,(H,20,21). The minimum Gasteiger partial charge on any atom is -0.459 e. The molecule has 1 aromatic heterocycles. The Balaban J connectivity index is 1.45. The van der Waals surface area contributed by atoms with Crippen molar-refractivity contribution in [3.63, 3.8) is 0 Å². The topological polar surface area (TPSA) is 42.2 Å². The van der Waals surface area contributed by atoms with Crippen molar-refractivity contribution in [3.05, 3.63) is 65.4 Å². The molecule has 1 amide bonds. The largest absolute Gasteiger partial charge is 0.459 e. The van der Waals surface area contributed by atoms with E-state index < -0.39 is 0 Å². The Morgan fingerprint density at radius 3 is 2.83 bits per heavy atom. The van der Waals surface area contributed by atoms with Gasteiger partial charge in [0.15, 0.2) is 0 Å². The van der Waals surface area contributed by atoms with Gasteiger partial charge in [-0.25, -0.2) is 0 Å². The summed E-state index contributed by atoms with van der Waals surface area (Å²) in [5.74, 6) is 0.908. The molecule has 0 saturated heterocycles. The van der Waals surface area contributed by atoms with Crippen LogP contribution in [0.3, 0.4) is 0 Å². The maximum absolute atomic E-state index is 12.4. The van der Waals surface area contributed by atoms with Crippen molar-refractivity contribution in [2.45, 2.75) is 30.0 Å². The summed E-state index contributed by atoms with van der Waals surface area (Å²) in [4.78, 5) is 13.7. The predicted octanol–water partition coefficient (Wildman–Crippen LogP) is 4.07. The van der Waals surface area contributed by atoms with E-state index in [1.807, 2.05) is 43.3 Å². The summed E-state index contributed by atoms with van der Waals surface area (Å²) in [5, 5.41) is 4.09. The highest BCUT2D eigenvalue weighted by atomic mass is 32.2. The second-order valence-corrected chi connectivity index (χ2v) is 7.03. The van der Waals surface area contributed by atoms with Crippen molar-refractivity contribution >= 4 is 28.6 Å². The molecule has 2 aromatic carbocycles. The summed E-state index contributed by atoms with van der Waals surface area (Å²) < 4.78 is 5.85. The van der Waals surface area contributed by atoms with E-state index in [9.17, 15) is 4.79 Å². The van der Waals surface area contributed by atoms with Gasteiger partial charge in [-0.1, -0.05) is 36.4 Å². The number of carbonyl (C=O) groups is 1. The molecular weight excluding hydrogens is 306 g/mol. The van der Waals surface area contributed by atoms with Gasteiger partial charge in [-0.15, -0.1) is 11.8 Å². The van der Waals surface area contributed by atoms with Crippen LogP contribution in [-0.4, -0.2) is 11.2 Å². The van der Waals surface area contributed by atoms with Crippen molar-refractivity contribution in [2.24, 2.45) is 0 Å². The van der Waals surface area contributed by atoms with Crippen molar-refractivity contribution in [1.29, 1.82) is 0 Å². The Hall–Kier alpha value is -2.20. The van der Waals surface area contributed by atoms with E-state index in [0.717, 1.165) is 28.7 Å². The van der Waals surface area contributed by atoms with Crippen molar-refractivity contribution in [3.8, 4) is 0 Å². The molecule has 23 heavy (non-hydrogen) atoms. The highest BCUT2D eigenvalue weighted by molar-refractivity contribution is 8.01. The summed E-state index contributed by atoms with van der Waals surface area (Å²) in [6.45, 7) is 2.47. The van der Waals surface area contributed by atoms with Gasteiger partial charge in [-0.05, 0) is 31.0 Å². The first-order valence-corrected chi connectivity index (χ1v) is 8.59. The van der Waals surface area contributed by atoms with Gasteiger partial charge >= 0.3 is 0 Å². The highest BCUT2D eigenvalue weighted by Gasteiger charge is 2.28. The lowest BCUT2D eigenvalue weighted by atomic mass is 10.1. The number of benzene rings is 2. The summed E-state index contributed by atoms with van der Waals surface area (Å²) in [6.07, 6.45) is 0.797. The van der Waals surface area contributed by atoms with Crippen LogP contribution in [-0.2, 0) is 17.8 Å². The summed E-state index contributed by atoms with van der Waals surface area (Å²) in [7, 11) is 0. The van der Waals surface area contributed by atoms with E-state index in [4.69, 9.17) is 4.42 Å². The third kappa shape index (κ3) is 2.63. The summed E-state index contributed by atoms with van der Waals surface area (Å²) in [6, 6.07) is 16.2. The first-order valence-electron chi connectivity index (χ1n) is 7.71. The number of rotatable bonds is 3. The van der Waals surface area contributed by atoms with Crippen LogP contribution in [0.5, 0.6) is 0 Å². The van der Waals surface area contributed by atoms with E-state index in [0.29, 0.717) is 6.54 Å². The van der Waals surface area contributed by atoms with Gasteiger partial charge in [0.05, 0.1) is 11.8 Å². The van der Waals surface area contributed by atoms with Crippen LogP contribution in [0, 0.1) is 6.92 Å². The van der Waals surface area contributed by atoms with E-state index in [2.05, 4.69) is 17.4 Å². The molecule has 0 fully saturated rings. The second-order valence-electron chi connectivity index (χ2n) is 5.78. The highest BCUT2D eigenvalue weighted by Crippen LogP contribution is 2.36. The van der Waals surface area contributed by atoms with Crippen LogP contribution in [0.25, 0.3) is 11.0 Å². The zero-order valence-corrected chi connectivity index (χ0v) is 13.7. The third-order valence-corrected chi connectivity index (χ3v) is 5.62. The average Bonchev–Trinajstić information content (AvgIpc) is 3.15. The zero-order valence-electron chi connectivity index (χ0n) is 12.8. The number of nitrogens with one attached hydrogen (secondary N) is 1. The lowest BCUT2D eigenvalue weighted by molar-refractivity contribution is -0.120. The molecule has 2 heterocycles. The van der Waals surface area contributed by atoms with Gasteiger partial charge in [-0.3, -0.25) is 4.79 Å². The van der Waals surface area contributed by atoms with Gasteiger partial charge in [0.2, 0.25) is 5.91 Å². The van der Waals surface area contributed by atoms with Gasteiger partial charge in [-0.2, -0.15) is 0 Å². The third-order valence-electron chi connectivity index (χ3n) is 4.31. The smallest absolute Gasteiger partial charge is 0.234 e. The maximum Gasteiger partial charge on any atom is 0.234 e. The molecule has 0 radical (unpaired) electrons. The fourth-order valence-corrected chi connectivity index (χ4v) is 4.22. The van der Waals surface area contributed by atoms with Crippen LogP contribution in [0.2, 0.25) is 0 Å². The quantitative estimate of drug-likeness (QED) is 0.790. The van der Waals surface area contributed by atoms with Crippen molar-refractivity contribution in [2.75, 3.05) is 0 Å². The second kappa shape index (κ2) is 5.78. The Morgan fingerprint density at radius 2 is 2.00 bits per heavy atom. The van der Waals surface area contributed by atoms with E-state index in [-0.39, 0.29) is 11.2 Å². The molecule has 1 atom stereocenters. The number of aryl methyl sites for hydroxylation is 1. The molecule has 1 aliphatic heterocycles. The first-order chi connectivity index (χ1) is 11.2. The molecule has 1 aliphatic rings. The fourth-order valence-electron chi connectivity index (χ4n) is 3.00. The fraction of sp³-hybridized carbons (Fsp3) is 0.211. The van der Waals surface area contributed by atoms with Gasteiger partial charge in [0.1, 0.15) is 11.3 Å². The summed E-state index contributed by atoms with van der Waals surface area (Å²) >= 11 is 1.65. The molecule has 0 aliphatic carbocycles. The number of thioether (sulfide) groups is 1. The number of carbonyl (C=O) groups excluding carboxylic acids is 1. The molecule has 0 saturated carbocycles. The lowest BCUT2D eigenvalue weighted by Gasteiger charge is -2.09. The van der Waals surface area contributed by atoms with Crippen LogP contribution >= 0.6 is 11.8 Å². The molecule has 4 heteroatoms. The molecule has 3 nitrogen and oxygen atoms in total. The first kappa shape index (κ1) is 14.4. The minimum absolute atomic E-state index is 0.0444. The van der Waals surface area contributed by atoms with Gasteiger partial charge < -0.3 is 9.73 Å². The number of hydrogen-bond acceptors (Lipinski definition) is 3. The van der Waals surface area contributed by atoms with E-state index in [1.165, 1.54) is 10.5 Å². The minimum atomic E-state index is -0.0444. The molecular formula is C19H17NO2S. The Kier molecular flexibility index (Phi) is 3.62. The van der Waals surface area contributed by atoms with E-state index in [1.54, 1.807) is 11.8 Å². The Labute approximate surface area is 139 Å². The Morgan fingerprint density at radius 1 is 1.22 bits per heavy atom. The molecule has 1 unspecified atom stereocenters. The SMILES string of the molecule is Cc1c(CNC(=O)C2Cc3ccccc3S2)oc2ccccc12. The van der Waals surface area contributed by atoms with Crippen molar-refractivity contribution < 1.29 is 9.21 Å². The zero-order chi connectivity index (χ0) is 15.8. The van der Waals surface area contributed by atoms with Crippen molar-refractivity contribution in [1.82, 2.24) is 5.32 Å². The van der Waals surface area contributed by atoms with Crippen LogP contribution < -0.4 is 5.32 Å². The molecule has 0 bridgehead atoms. The maximum atomic E-state index is 12.4. The average molecular weight is 323 g/mol. The monoisotopic (exact) mass is 323 g/mol. The van der Waals surface area contributed by atoms with Gasteiger partial charge in [0.25, 0.3) is 0 Å². The molecule has 3 aromatic rings. The van der Waals surface area contributed by atoms with Crippen LogP contribution in [0.15, 0.2) is 57.8 Å². The number of furan rings is 1.